The number of benzene rings is 1. The average Bonchev–Trinajstić information content (AvgIpc) is 2.30. The number of phenolic OH excluding ortho intramolecular Hbond substituents is 1. The van der Waals surface area contributed by atoms with Crippen molar-refractivity contribution in [3.63, 3.8) is 0 Å². The first-order valence-electron chi connectivity index (χ1n) is 5.19. The number of aromatic hydroxyl groups is 1. The summed E-state index contributed by atoms with van der Waals surface area (Å²) in [5, 5.41) is 12.3. The number of hydrogen-bond acceptors (Lipinski definition) is 3. The van der Waals surface area contributed by atoms with Crippen molar-refractivity contribution in [2.24, 2.45) is 0 Å². The lowest BCUT2D eigenvalue weighted by Gasteiger charge is -2.06. The molecule has 0 radical (unpaired) electrons. The van der Waals surface area contributed by atoms with Crippen molar-refractivity contribution in [1.29, 1.82) is 0 Å². The zero-order valence-corrected chi connectivity index (χ0v) is 9.34. The Hall–Kier alpha value is -2.36. The van der Waals surface area contributed by atoms with Crippen molar-refractivity contribution < 1.29 is 9.90 Å². The van der Waals surface area contributed by atoms with Crippen LogP contribution in [0.5, 0.6) is 5.75 Å². The van der Waals surface area contributed by atoms with E-state index in [-0.39, 0.29) is 17.2 Å². The minimum absolute atomic E-state index is 0.0292. The first kappa shape index (κ1) is 11.1. The zero-order valence-electron chi connectivity index (χ0n) is 9.34. The second-order valence-electron chi connectivity index (χ2n) is 3.69. The van der Waals surface area contributed by atoms with E-state index in [1.54, 1.807) is 42.6 Å². The van der Waals surface area contributed by atoms with Crippen LogP contribution in [0.1, 0.15) is 15.9 Å². The fourth-order valence-corrected chi connectivity index (χ4v) is 1.45. The molecule has 2 N–H and O–H groups in total. The Morgan fingerprint density at radius 3 is 2.76 bits per heavy atom. The van der Waals surface area contributed by atoms with Gasteiger partial charge in [0.15, 0.2) is 0 Å². The predicted molar refractivity (Wildman–Crippen MR) is 65.0 cm³/mol. The van der Waals surface area contributed by atoms with Crippen LogP contribution in [0.25, 0.3) is 0 Å². The second kappa shape index (κ2) is 4.65. The number of nitrogens with zero attached hydrogens (tertiary/aromatic N) is 1. The van der Waals surface area contributed by atoms with E-state index in [0.717, 1.165) is 5.56 Å². The monoisotopic (exact) mass is 228 g/mol. The average molecular weight is 228 g/mol. The number of phenols is 1. The maximum Gasteiger partial charge on any atom is 0.260 e. The molecule has 1 aromatic heterocycles. The third-order valence-electron chi connectivity index (χ3n) is 2.30. The van der Waals surface area contributed by atoms with E-state index in [0.29, 0.717) is 5.82 Å². The number of anilines is 1. The van der Waals surface area contributed by atoms with Crippen molar-refractivity contribution >= 4 is 11.7 Å². The van der Waals surface area contributed by atoms with Gasteiger partial charge in [0.05, 0.1) is 5.56 Å². The highest BCUT2D eigenvalue weighted by Crippen LogP contribution is 2.19. The van der Waals surface area contributed by atoms with E-state index < -0.39 is 0 Å². The predicted octanol–water partition coefficient (Wildman–Crippen LogP) is 2.35. The van der Waals surface area contributed by atoms with Crippen LogP contribution in [0.3, 0.4) is 0 Å². The lowest BCUT2D eigenvalue weighted by Crippen LogP contribution is -2.12. The quantitative estimate of drug-likeness (QED) is 0.829. The maximum absolute atomic E-state index is 11.8. The fraction of sp³-hybridized carbons (Fsp3) is 0.0769. The SMILES string of the molecule is Cc1ccc(C(=O)Nc2ccccn2)c(O)c1. The van der Waals surface area contributed by atoms with Crippen LogP contribution in [-0.2, 0) is 0 Å². The van der Waals surface area contributed by atoms with E-state index in [1.807, 2.05) is 6.92 Å². The number of carbonyl (C=O) groups excluding carboxylic acids is 1. The highest BCUT2D eigenvalue weighted by Gasteiger charge is 2.11. The van der Waals surface area contributed by atoms with Crippen LogP contribution in [0.4, 0.5) is 5.82 Å². The molecule has 2 aromatic rings. The van der Waals surface area contributed by atoms with Crippen molar-refractivity contribution in [2.75, 3.05) is 5.32 Å². The molecule has 0 aliphatic carbocycles. The molecule has 0 bridgehead atoms. The van der Waals surface area contributed by atoms with Crippen LogP contribution >= 0.6 is 0 Å². The van der Waals surface area contributed by atoms with Gasteiger partial charge in [-0.2, -0.15) is 0 Å². The Morgan fingerprint density at radius 2 is 2.12 bits per heavy atom. The molecule has 4 heteroatoms. The molecule has 0 saturated heterocycles. The van der Waals surface area contributed by atoms with Crippen molar-refractivity contribution in [3.8, 4) is 5.75 Å². The molecule has 4 nitrogen and oxygen atoms in total. The molecule has 1 heterocycles. The number of hydrogen-bond donors (Lipinski definition) is 2. The molecular formula is C13H12N2O2. The van der Waals surface area contributed by atoms with Gasteiger partial charge in [-0.05, 0) is 36.8 Å². The standard InChI is InChI=1S/C13H12N2O2/c1-9-5-6-10(11(16)8-9)13(17)15-12-4-2-3-7-14-12/h2-8,16H,1H3,(H,14,15,17). The minimum atomic E-state index is -0.374. The molecule has 0 fully saturated rings. The van der Waals surface area contributed by atoms with Gasteiger partial charge in [-0.15, -0.1) is 0 Å². The van der Waals surface area contributed by atoms with Crippen molar-refractivity contribution in [1.82, 2.24) is 4.98 Å². The van der Waals surface area contributed by atoms with E-state index in [1.165, 1.54) is 0 Å². The lowest BCUT2D eigenvalue weighted by molar-refractivity contribution is 0.102. The van der Waals surface area contributed by atoms with Gasteiger partial charge in [0.1, 0.15) is 11.6 Å². The Bertz CT molecular complexity index is 538. The number of pyridine rings is 1. The summed E-state index contributed by atoms with van der Waals surface area (Å²) in [5.41, 5.74) is 1.14. The number of nitrogens with one attached hydrogen (secondary N) is 1. The first-order chi connectivity index (χ1) is 8.16. The van der Waals surface area contributed by atoms with Crippen LogP contribution in [-0.4, -0.2) is 16.0 Å². The van der Waals surface area contributed by atoms with Crippen LogP contribution < -0.4 is 5.32 Å². The summed E-state index contributed by atoms with van der Waals surface area (Å²) in [6.45, 7) is 1.85. The summed E-state index contributed by atoms with van der Waals surface area (Å²) in [6, 6.07) is 10.1. The topological polar surface area (TPSA) is 62.2 Å². The van der Waals surface area contributed by atoms with Gasteiger partial charge in [-0.1, -0.05) is 12.1 Å². The van der Waals surface area contributed by atoms with E-state index in [2.05, 4.69) is 10.3 Å². The highest BCUT2D eigenvalue weighted by molar-refractivity contribution is 6.05. The number of aryl methyl sites for hydroxylation is 1. The summed E-state index contributed by atoms with van der Waals surface area (Å²) in [6.07, 6.45) is 1.59. The Morgan fingerprint density at radius 1 is 1.29 bits per heavy atom. The van der Waals surface area contributed by atoms with Gasteiger partial charge < -0.3 is 10.4 Å². The second-order valence-corrected chi connectivity index (χ2v) is 3.69. The van der Waals surface area contributed by atoms with Gasteiger partial charge >= 0.3 is 0 Å². The van der Waals surface area contributed by atoms with Crippen molar-refractivity contribution in [3.05, 3.63) is 53.7 Å². The number of aromatic nitrogens is 1. The number of carbonyl (C=O) groups is 1. The highest BCUT2D eigenvalue weighted by atomic mass is 16.3. The molecule has 0 spiro atoms. The normalized spacial score (nSPS) is 9.94. The van der Waals surface area contributed by atoms with Gasteiger partial charge in [0, 0.05) is 6.20 Å². The number of amides is 1. The zero-order chi connectivity index (χ0) is 12.3. The summed E-state index contributed by atoms with van der Waals surface area (Å²) in [4.78, 5) is 15.8. The summed E-state index contributed by atoms with van der Waals surface area (Å²) in [7, 11) is 0. The first-order valence-corrected chi connectivity index (χ1v) is 5.19. The van der Waals surface area contributed by atoms with E-state index in [4.69, 9.17) is 0 Å². The molecule has 0 saturated carbocycles. The van der Waals surface area contributed by atoms with Crippen LogP contribution in [0, 0.1) is 6.92 Å². The third kappa shape index (κ3) is 2.60. The Labute approximate surface area is 98.9 Å². The number of rotatable bonds is 2. The molecule has 0 unspecified atom stereocenters. The van der Waals surface area contributed by atoms with Crippen LogP contribution in [0.15, 0.2) is 42.6 Å². The third-order valence-corrected chi connectivity index (χ3v) is 2.30. The van der Waals surface area contributed by atoms with Crippen molar-refractivity contribution in [2.45, 2.75) is 6.92 Å². The van der Waals surface area contributed by atoms with Gasteiger partial charge in [-0.3, -0.25) is 4.79 Å². The van der Waals surface area contributed by atoms with Gasteiger partial charge in [-0.25, -0.2) is 4.98 Å². The Balaban J connectivity index is 2.21. The van der Waals surface area contributed by atoms with Gasteiger partial charge in [0.2, 0.25) is 0 Å². The van der Waals surface area contributed by atoms with E-state index in [9.17, 15) is 9.90 Å². The summed E-state index contributed by atoms with van der Waals surface area (Å²) >= 11 is 0. The summed E-state index contributed by atoms with van der Waals surface area (Å²) < 4.78 is 0. The molecule has 17 heavy (non-hydrogen) atoms. The Kier molecular flexibility index (Phi) is 3.05. The molecule has 0 atom stereocenters. The largest absolute Gasteiger partial charge is 0.507 e. The van der Waals surface area contributed by atoms with E-state index >= 15 is 0 Å². The maximum atomic E-state index is 11.8. The molecule has 86 valence electrons. The smallest absolute Gasteiger partial charge is 0.260 e. The molecular weight excluding hydrogens is 216 g/mol. The molecule has 0 aliphatic heterocycles. The van der Waals surface area contributed by atoms with Crippen LogP contribution in [0.2, 0.25) is 0 Å². The van der Waals surface area contributed by atoms with Gasteiger partial charge in [0.25, 0.3) is 5.91 Å². The molecule has 0 aliphatic rings. The summed E-state index contributed by atoms with van der Waals surface area (Å²) in [5.74, 6) is 0.0529. The minimum Gasteiger partial charge on any atom is -0.507 e. The molecule has 1 aromatic carbocycles. The molecule has 1 amide bonds. The lowest BCUT2D eigenvalue weighted by atomic mass is 10.1. The molecule has 2 rings (SSSR count). The fourth-order valence-electron chi connectivity index (χ4n) is 1.45.